The van der Waals surface area contributed by atoms with Gasteiger partial charge in [-0.15, -0.1) is 0 Å². The lowest BCUT2D eigenvalue weighted by molar-refractivity contribution is -0.145. The average Bonchev–Trinajstić information content (AvgIpc) is 3.33. The predicted molar refractivity (Wildman–Crippen MR) is 135 cm³/mol. The first-order chi connectivity index (χ1) is 16.9. The number of imide groups is 1. The fraction of sp³-hybridized carbons (Fsp3) is 0.250. The number of rotatable bonds is 6. The second-order valence-electron chi connectivity index (χ2n) is 7.87. The molecule has 8 nitrogen and oxygen atoms in total. The van der Waals surface area contributed by atoms with Crippen LogP contribution in [-0.2, 0) is 19.1 Å². The number of para-hydroxylation sites is 1. The summed E-state index contributed by atoms with van der Waals surface area (Å²) in [6, 6.07) is 14.0. The molecule has 0 bridgehead atoms. The van der Waals surface area contributed by atoms with E-state index < -0.39 is 23.1 Å². The lowest BCUT2D eigenvalue weighted by Gasteiger charge is -2.30. The number of thiazole rings is 1. The predicted octanol–water partition coefficient (Wildman–Crippen LogP) is 3.94. The average molecular weight is 575 g/mol. The quantitative estimate of drug-likeness (QED) is 0.351. The van der Waals surface area contributed by atoms with Crippen LogP contribution in [0.3, 0.4) is 0 Å². The van der Waals surface area contributed by atoms with E-state index in [9.17, 15) is 19.2 Å². The fourth-order valence-electron chi connectivity index (χ4n) is 4.41. The normalized spacial score (nSPS) is 21.0. The van der Waals surface area contributed by atoms with Crippen molar-refractivity contribution in [3.8, 4) is 5.75 Å². The van der Waals surface area contributed by atoms with Gasteiger partial charge in [0.2, 0.25) is 11.8 Å². The van der Waals surface area contributed by atoms with Gasteiger partial charge in [0.05, 0.1) is 23.2 Å². The lowest BCUT2D eigenvalue weighted by atomic mass is 9.82. The summed E-state index contributed by atoms with van der Waals surface area (Å²) in [7, 11) is 0. The van der Waals surface area contributed by atoms with Gasteiger partial charge in [-0.25, -0.2) is 9.69 Å². The number of benzene rings is 2. The van der Waals surface area contributed by atoms with Crippen LogP contribution in [0.15, 0.2) is 62.8 Å². The molecule has 3 heterocycles. The van der Waals surface area contributed by atoms with Crippen LogP contribution in [0.5, 0.6) is 5.75 Å². The number of thioether (sulfide) groups is 1. The van der Waals surface area contributed by atoms with E-state index in [1.54, 1.807) is 55.5 Å². The molecule has 2 aliphatic rings. The number of nitrogens with one attached hydrogen (secondary N) is 1. The van der Waals surface area contributed by atoms with Crippen molar-refractivity contribution < 1.29 is 23.9 Å². The van der Waals surface area contributed by atoms with Crippen molar-refractivity contribution in [2.75, 3.05) is 18.1 Å². The maximum atomic E-state index is 13.8. The Balaban J connectivity index is 1.58. The second-order valence-corrected chi connectivity index (χ2v) is 11.0. The van der Waals surface area contributed by atoms with Crippen LogP contribution in [0.4, 0.5) is 5.69 Å². The molecule has 2 amide bonds. The monoisotopic (exact) mass is 574 g/mol. The number of aromatic nitrogens is 1. The first-order valence-corrected chi connectivity index (χ1v) is 13.3. The van der Waals surface area contributed by atoms with E-state index in [1.807, 2.05) is 0 Å². The van der Waals surface area contributed by atoms with Crippen molar-refractivity contribution >= 4 is 62.5 Å². The number of fused-ring (bicyclic) bond motifs is 2. The molecule has 0 aliphatic carbocycles. The smallest absolute Gasteiger partial charge is 0.344 e. The van der Waals surface area contributed by atoms with Crippen LogP contribution < -0.4 is 14.5 Å². The van der Waals surface area contributed by atoms with Crippen molar-refractivity contribution in [2.24, 2.45) is 5.92 Å². The number of H-pyrrole nitrogens is 1. The number of carbonyl (C=O) groups excluding carboxylic acids is 3. The Morgan fingerprint density at radius 2 is 1.83 bits per heavy atom. The highest BCUT2D eigenvalue weighted by Gasteiger charge is 2.56. The summed E-state index contributed by atoms with van der Waals surface area (Å²) in [5.74, 6) is -2.14. The lowest BCUT2D eigenvalue weighted by Crippen LogP contribution is -2.32. The molecule has 2 aromatic carbocycles. The Hall–Kier alpha value is -2.89. The highest BCUT2D eigenvalue weighted by Crippen LogP contribution is 2.54. The molecule has 11 heteroatoms. The van der Waals surface area contributed by atoms with Crippen molar-refractivity contribution in [1.29, 1.82) is 0 Å². The largest absolute Gasteiger partial charge is 0.482 e. The van der Waals surface area contributed by atoms with E-state index in [1.165, 1.54) is 16.7 Å². The molecule has 35 heavy (non-hydrogen) atoms. The highest BCUT2D eigenvalue weighted by molar-refractivity contribution is 9.10. The number of amides is 2. The van der Waals surface area contributed by atoms with Gasteiger partial charge in [0.15, 0.2) is 6.61 Å². The van der Waals surface area contributed by atoms with Crippen LogP contribution in [0.1, 0.15) is 23.3 Å². The Bertz CT molecular complexity index is 1370. The molecule has 2 aliphatic heterocycles. The standard InChI is InChI=1S/C24H19BrN2O6S2/c1-2-32-16(28)11-33-15-6-4-3-5-14(15)17-18-20(34-21-19(17)35-24(31)26-21)23(30)27(22(18)29)13-9-7-12(25)8-10-13/h3-10,17-18,20H,2,11H2,1H3,(H,26,31)/t17-,18-,20+/m0/s1. The van der Waals surface area contributed by atoms with Gasteiger partial charge in [0, 0.05) is 20.8 Å². The van der Waals surface area contributed by atoms with Crippen LogP contribution in [-0.4, -0.2) is 41.2 Å². The fourth-order valence-corrected chi connectivity index (χ4v) is 7.18. The first kappa shape index (κ1) is 23.8. The molecule has 0 radical (unpaired) electrons. The SMILES string of the molecule is CCOC(=O)COc1ccccc1[C@@H]1c2sc(=O)[nH]c2S[C@H]2C(=O)N(c3ccc(Br)cc3)C(=O)[C@@H]12. The third-order valence-electron chi connectivity index (χ3n) is 5.81. The van der Waals surface area contributed by atoms with Crippen LogP contribution in [0, 0.1) is 5.92 Å². The minimum atomic E-state index is -0.748. The summed E-state index contributed by atoms with van der Waals surface area (Å²) in [6.07, 6.45) is 0. The van der Waals surface area contributed by atoms with Crippen LogP contribution in [0.25, 0.3) is 0 Å². The van der Waals surface area contributed by atoms with Crippen molar-refractivity contribution in [3.63, 3.8) is 0 Å². The number of nitrogens with zero attached hydrogens (tertiary/aromatic N) is 1. The van der Waals surface area contributed by atoms with Gasteiger partial charge >= 0.3 is 10.8 Å². The molecule has 5 rings (SSSR count). The summed E-state index contributed by atoms with van der Waals surface area (Å²) in [5.41, 5.74) is 1.11. The summed E-state index contributed by atoms with van der Waals surface area (Å²) in [5, 5.41) is -0.141. The summed E-state index contributed by atoms with van der Waals surface area (Å²) in [6.45, 7) is 1.64. The molecule has 1 N–H and O–H groups in total. The Morgan fingerprint density at radius 3 is 2.57 bits per heavy atom. The second kappa shape index (κ2) is 9.63. The number of halogens is 1. The summed E-state index contributed by atoms with van der Waals surface area (Å²) < 4.78 is 11.6. The zero-order valence-electron chi connectivity index (χ0n) is 18.4. The zero-order chi connectivity index (χ0) is 24.7. The number of ether oxygens (including phenoxy) is 2. The van der Waals surface area contributed by atoms with E-state index in [2.05, 4.69) is 20.9 Å². The molecule has 180 valence electrons. The molecule has 0 spiro atoms. The van der Waals surface area contributed by atoms with E-state index in [0.29, 0.717) is 26.9 Å². The maximum absolute atomic E-state index is 13.8. The van der Waals surface area contributed by atoms with Crippen molar-refractivity contribution in [2.45, 2.75) is 23.1 Å². The van der Waals surface area contributed by atoms with Crippen LogP contribution in [0.2, 0.25) is 0 Å². The van der Waals surface area contributed by atoms with Crippen molar-refractivity contribution in [1.82, 2.24) is 4.98 Å². The summed E-state index contributed by atoms with van der Waals surface area (Å²) >= 11 is 5.61. The van der Waals surface area contributed by atoms with E-state index >= 15 is 0 Å². The maximum Gasteiger partial charge on any atom is 0.344 e. The Labute approximate surface area is 216 Å². The molecule has 1 fully saturated rings. The number of anilines is 1. The number of hydrogen-bond acceptors (Lipinski definition) is 8. The molecule has 0 saturated carbocycles. The molecule has 1 saturated heterocycles. The van der Waals surface area contributed by atoms with Gasteiger partial charge < -0.3 is 14.5 Å². The number of aromatic amines is 1. The third kappa shape index (κ3) is 4.32. The zero-order valence-corrected chi connectivity index (χ0v) is 21.6. The minimum Gasteiger partial charge on any atom is -0.482 e. The molecular weight excluding hydrogens is 556 g/mol. The number of carbonyl (C=O) groups is 3. The van der Waals surface area contributed by atoms with Crippen molar-refractivity contribution in [3.05, 3.63) is 73.1 Å². The molecule has 0 unspecified atom stereocenters. The molecule has 1 aromatic heterocycles. The number of hydrogen-bond donors (Lipinski definition) is 1. The van der Waals surface area contributed by atoms with E-state index in [4.69, 9.17) is 9.47 Å². The van der Waals surface area contributed by atoms with Gasteiger partial charge in [0.25, 0.3) is 0 Å². The molecular formula is C24H19BrN2O6S2. The Morgan fingerprint density at radius 1 is 1.09 bits per heavy atom. The van der Waals surface area contributed by atoms with E-state index in [-0.39, 0.29) is 29.9 Å². The molecule has 3 aromatic rings. The molecule has 3 atom stereocenters. The Kier molecular flexibility index (Phi) is 6.56. The topological polar surface area (TPSA) is 106 Å². The minimum absolute atomic E-state index is 0.233. The van der Waals surface area contributed by atoms with Gasteiger partial charge in [-0.1, -0.05) is 57.2 Å². The number of esters is 1. The van der Waals surface area contributed by atoms with Gasteiger partial charge in [0.1, 0.15) is 11.0 Å². The first-order valence-electron chi connectivity index (χ1n) is 10.8. The third-order valence-corrected chi connectivity index (χ3v) is 8.74. The van der Waals surface area contributed by atoms with Gasteiger partial charge in [-0.2, -0.15) is 0 Å². The highest BCUT2D eigenvalue weighted by atomic mass is 79.9. The van der Waals surface area contributed by atoms with Gasteiger partial charge in [-0.05, 0) is 37.3 Å². The van der Waals surface area contributed by atoms with Crippen LogP contribution >= 0.6 is 39.0 Å². The van der Waals surface area contributed by atoms with Gasteiger partial charge in [-0.3, -0.25) is 14.4 Å². The van der Waals surface area contributed by atoms with E-state index in [0.717, 1.165) is 15.8 Å². The summed E-state index contributed by atoms with van der Waals surface area (Å²) in [4.78, 5) is 55.9.